The van der Waals surface area contributed by atoms with Gasteiger partial charge in [-0.05, 0) is 30.2 Å². The summed E-state index contributed by atoms with van der Waals surface area (Å²) in [6.45, 7) is 0.219. The van der Waals surface area contributed by atoms with Crippen LogP contribution in [0.5, 0.6) is 0 Å². The Morgan fingerprint density at radius 2 is 2.09 bits per heavy atom. The van der Waals surface area contributed by atoms with Gasteiger partial charge in [-0.15, -0.1) is 0 Å². The van der Waals surface area contributed by atoms with Crippen LogP contribution in [0.4, 0.5) is 4.39 Å². The summed E-state index contributed by atoms with van der Waals surface area (Å²) in [4.78, 5) is 24.5. The Labute approximate surface area is 151 Å². The van der Waals surface area contributed by atoms with Crippen molar-refractivity contribution < 1.29 is 19.1 Å². The van der Waals surface area contributed by atoms with Crippen LogP contribution in [0.25, 0.3) is 6.08 Å². The first kappa shape index (κ1) is 18.2. The molecule has 2 rings (SSSR count). The number of benzene rings is 1. The molecule has 0 radical (unpaired) electrons. The Morgan fingerprint density at radius 3 is 2.74 bits per heavy atom. The van der Waals surface area contributed by atoms with Crippen molar-refractivity contribution in [2.75, 3.05) is 6.54 Å². The number of aliphatic carboxylic acids is 1. The maximum atomic E-state index is 13.5. The number of hydrogen-bond acceptors (Lipinski definition) is 4. The van der Waals surface area contributed by atoms with E-state index < -0.39 is 11.8 Å². The van der Waals surface area contributed by atoms with Gasteiger partial charge in [0.2, 0.25) is 0 Å². The number of carbonyl (C=O) groups excluding carboxylic acids is 1. The highest BCUT2D eigenvalue weighted by molar-refractivity contribution is 8.26. The van der Waals surface area contributed by atoms with E-state index in [1.807, 2.05) is 0 Å². The molecule has 1 aromatic rings. The normalized spacial score (nSPS) is 16.5. The van der Waals surface area contributed by atoms with Crippen molar-refractivity contribution in [3.63, 3.8) is 0 Å². The number of amides is 1. The Hall–Kier alpha value is -1.15. The predicted molar refractivity (Wildman–Crippen MR) is 93.2 cm³/mol. The van der Waals surface area contributed by atoms with Crippen molar-refractivity contribution in [1.82, 2.24) is 4.90 Å². The number of hydrogen-bond donors (Lipinski definition) is 1. The molecule has 1 heterocycles. The fourth-order valence-electron chi connectivity index (χ4n) is 1.87. The maximum absolute atomic E-state index is 13.5. The number of thioether (sulfide) groups is 1. The molecule has 0 spiro atoms. The van der Waals surface area contributed by atoms with Gasteiger partial charge in [-0.25, -0.2) is 4.39 Å². The molecule has 1 fully saturated rings. The SMILES string of the molecule is O=C(O)CCCN1C(=O)/C(=C/c2cc(F)c(Cl)cc2Cl)SC1=S. The Kier molecular flexibility index (Phi) is 6.02. The van der Waals surface area contributed by atoms with Crippen LogP contribution < -0.4 is 0 Å². The first-order valence-electron chi connectivity index (χ1n) is 6.41. The van der Waals surface area contributed by atoms with Gasteiger partial charge in [0.25, 0.3) is 5.91 Å². The molecule has 1 aliphatic rings. The highest BCUT2D eigenvalue weighted by Crippen LogP contribution is 2.34. The van der Waals surface area contributed by atoms with Crippen molar-refractivity contribution >= 4 is 69.5 Å². The van der Waals surface area contributed by atoms with Crippen LogP contribution in [0.15, 0.2) is 17.0 Å². The van der Waals surface area contributed by atoms with E-state index in [2.05, 4.69) is 0 Å². The number of rotatable bonds is 5. The number of carboxylic acids is 1. The molecule has 0 atom stereocenters. The second-order valence-corrected chi connectivity index (χ2v) is 7.11. The molecule has 9 heteroatoms. The lowest BCUT2D eigenvalue weighted by Crippen LogP contribution is -2.29. The molecular formula is C14H10Cl2FNO3S2. The molecule has 1 N–H and O–H groups in total. The molecule has 0 saturated carbocycles. The zero-order chi connectivity index (χ0) is 17.1. The van der Waals surface area contributed by atoms with Gasteiger partial charge < -0.3 is 5.11 Å². The lowest BCUT2D eigenvalue weighted by atomic mass is 10.2. The lowest BCUT2D eigenvalue weighted by Gasteiger charge is -2.13. The topological polar surface area (TPSA) is 57.6 Å². The quantitative estimate of drug-likeness (QED) is 0.461. The molecule has 0 aliphatic carbocycles. The summed E-state index contributed by atoms with van der Waals surface area (Å²) in [5.74, 6) is -1.93. The van der Waals surface area contributed by atoms with E-state index >= 15 is 0 Å². The van der Waals surface area contributed by atoms with Crippen LogP contribution in [-0.2, 0) is 9.59 Å². The Morgan fingerprint density at radius 1 is 1.39 bits per heavy atom. The highest BCUT2D eigenvalue weighted by atomic mass is 35.5. The van der Waals surface area contributed by atoms with Crippen molar-refractivity contribution in [2.45, 2.75) is 12.8 Å². The van der Waals surface area contributed by atoms with E-state index in [4.69, 9.17) is 40.5 Å². The van der Waals surface area contributed by atoms with E-state index in [1.54, 1.807) is 0 Å². The number of carbonyl (C=O) groups is 2. The molecule has 1 aliphatic heterocycles. The van der Waals surface area contributed by atoms with Crippen molar-refractivity contribution in [3.05, 3.63) is 38.5 Å². The second-order valence-electron chi connectivity index (χ2n) is 4.62. The highest BCUT2D eigenvalue weighted by Gasteiger charge is 2.31. The molecule has 4 nitrogen and oxygen atoms in total. The number of thiocarbonyl (C=S) groups is 1. The van der Waals surface area contributed by atoms with Gasteiger partial charge in [-0.2, -0.15) is 0 Å². The van der Waals surface area contributed by atoms with Crippen LogP contribution in [0.3, 0.4) is 0 Å². The van der Waals surface area contributed by atoms with Gasteiger partial charge in [0.15, 0.2) is 0 Å². The third-order valence-electron chi connectivity index (χ3n) is 2.97. The molecule has 0 bridgehead atoms. The minimum atomic E-state index is -0.936. The molecular weight excluding hydrogens is 384 g/mol. The summed E-state index contributed by atoms with van der Waals surface area (Å²) in [5, 5.41) is 8.74. The van der Waals surface area contributed by atoms with E-state index in [1.165, 1.54) is 17.0 Å². The minimum Gasteiger partial charge on any atom is -0.481 e. The van der Waals surface area contributed by atoms with E-state index in [0.717, 1.165) is 17.8 Å². The zero-order valence-electron chi connectivity index (χ0n) is 11.5. The largest absolute Gasteiger partial charge is 0.481 e. The van der Waals surface area contributed by atoms with E-state index in [0.29, 0.717) is 21.2 Å². The fraction of sp³-hybridized carbons (Fsp3) is 0.214. The summed E-state index contributed by atoms with van der Waals surface area (Å²) < 4.78 is 13.9. The lowest BCUT2D eigenvalue weighted by molar-refractivity contribution is -0.137. The van der Waals surface area contributed by atoms with Crippen molar-refractivity contribution in [1.29, 1.82) is 0 Å². The average molecular weight is 394 g/mol. The average Bonchev–Trinajstić information content (AvgIpc) is 2.72. The van der Waals surface area contributed by atoms with Crippen LogP contribution >= 0.6 is 47.2 Å². The minimum absolute atomic E-state index is 0.0513. The molecule has 23 heavy (non-hydrogen) atoms. The molecule has 0 aromatic heterocycles. The summed E-state index contributed by atoms with van der Waals surface area (Å²) >= 11 is 17.8. The summed E-state index contributed by atoms with van der Waals surface area (Å²) in [6, 6.07) is 2.40. The summed E-state index contributed by atoms with van der Waals surface area (Å²) in [7, 11) is 0. The maximum Gasteiger partial charge on any atom is 0.303 e. The van der Waals surface area contributed by atoms with Gasteiger partial charge in [0.1, 0.15) is 10.1 Å². The smallest absolute Gasteiger partial charge is 0.303 e. The molecule has 122 valence electrons. The first-order chi connectivity index (χ1) is 10.8. The number of nitrogens with zero attached hydrogens (tertiary/aromatic N) is 1. The Balaban J connectivity index is 2.18. The second kappa shape index (κ2) is 7.61. The Bertz CT molecular complexity index is 724. The van der Waals surface area contributed by atoms with Gasteiger partial charge in [-0.3, -0.25) is 14.5 Å². The van der Waals surface area contributed by atoms with Gasteiger partial charge >= 0.3 is 5.97 Å². The zero-order valence-corrected chi connectivity index (χ0v) is 14.7. The monoisotopic (exact) mass is 393 g/mol. The van der Waals surface area contributed by atoms with E-state index in [-0.39, 0.29) is 28.9 Å². The third-order valence-corrected chi connectivity index (χ3v) is 4.97. The predicted octanol–water partition coefficient (Wildman–Crippen LogP) is 4.20. The van der Waals surface area contributed by atoms with Crippen LogP contribution in [0.1, 0.15) is 18.4 Å². The van der Waals surface area contributed by atoms with E-state index in [9.17, 15) is 14.0 Å². The van der Waals surface area contributed by atoms with Gasteiger partial charge in [0.05, 0.1) is 9.93 Å². The number of carboxylic acid groups (broad SMARTS) is 1. The van der Waals surface area contributed by atoms with Crippen LogP contribution in [-0.4, -0.2) is 32.7 Å². The fourth-order valence-corrected chi connectivity index (χ4v) is 3.61. The molecule has 1 aromatic carbocycles. The van der Waals surface area contributed by atoms with Gasteiger partial charge in [-0.1, -0.05) is 47.2 Å². The standard InChI is InChI=1S/C14H10Cl2FNO3S2/c15-8-6-9(16)10(17)4-7(8)5-11-13(21)18(14(22)23-11)3-1-2-12(19)20/h4-6H,1-3H2,(H,19,20)/b11-5-. The van der Waals surface area contributed by atoms with Crippen molar-refractivity contribution in [3.8, 4) is 0 Å². The van der Waals surface area contributed by atoms with Crippen LogP contribution in [0.2, 0.25) is 10.0 Å². The molecule has 1 saturated heterocycles. The first-order valence-corrected chi connectivity index (χ1v) is 8.39. The van der Waals surface area contributed by atoms with Crippen LogP contribution in [0, 0.1) is 5.82 Å². The van der Waals surface area contributed by atoms with Gasteiger partial charge in [0, 0.05) is 18.0 Å². The third kappa shape index (κ3) is 4.44. The molecule has 0 unspecified atom stereocenters. The van der Waals surface area contributed by atoms with Crippen molar-refractivity contribution in [2.24, 2.45) is 0 Å². The summed E-state index contributed by atoms with van der Waals surface area (Å²) in [6.07, 6.45) is 1.69. The number of halogens is 3. The summed E-state index contributed by atoms with van der Waals surface area (Å²) in [5.41, 5.74) is 0.319. The molecule has 1 amide bonds.